The van der Waals surface area contributed by atoms with Gasteiger partial charge in [0, 0.05) is 22.9 Å². The average molecular weight is 348 g/mol. The van der Waals surface area contributed by atoms with E-state index >= 15 is 0 Å². The van der Waals surface area contributed by atoms with E-state index in [-0.39, 0.29) is 5.91 Å². The number of anilines is 2. The Labute approximate surface area is 133 Å². The van der Waals surface area contributed by atoms with Crippen molar-refractivity contribution in [1.29, 1.82) is 0 Å². The first kappa shape index (κ1) is 15.5. The lowest BCUT2D eigenvalue weighted by Crippen LogP contribution is -2.16. The van der Waals surface area contributed by atoms with Crippen LogP contribution in [0.2, 0.25) is 0 Å². The van der Waals surface area contributed by atoms with Gasteiger partial charge in [0.25, 0.3) is 5.91 Å². The minimum absolute atomic E-state index is 0.164. The highest BCUT2D eigenvalue weighted by molar-refractivity contribution is 9.10. The summed E-state index contributed by atoms with van der Waals surface area (Å²) in [5, 5.41) is 6.11. The maximum Gasteiger partial charge on any atom is 0.259 e. The van der Waals surface area contributed by atoms with E-state index in [1.54, 1.807) is 18.3 Å². The zero-order chi connectivity index (χ0) is 15.2. The van der Waals surface area contributed by atoms with Crippen LogP contribution in [0, 0.1) is 6.92 Å². The van der Waals surface area contributed by atoms with Gasteiger partial charge in [-0.2, -0.15) is 0 Å². The van der Waals surface area contributed by atoms with Gasteiger partial charge in [-0.25, -0.2) is 4.98 Å². The Morgan fingerprint density at radius 1 is 1.29 bits per heavy atom. The lowest BCUT2D eigenvalue weighted by molar-refractivity contribution is 0.102. The van der Waals surface area contributed by atoms with E-state index in [0.717, 1.165) is 28.7 Å². The van der Waals surface area contributed by atoms with Gasteiger partial charge in [-0.05, 0) is 43.2 Å². The third-order valence-electron chi connectivity index (χ3n) is 3.11. The van der Waals surface area contributed by atoms with Crippen molar-refractivity contribution in [2.24, 2.45) is 0 Å². The van der Waals surface area contributed by atoms with Gasteiger partial charge in [-0.15, -0.1) is 0 Å². The molecule has 0 spiro atoms. The number of hydrogen-bond donors (Lipinski definition) is 2. The van der Waals surface area contributed by atoms with Crippen LogP contribution in [-0.4, -0.2) is 17.4 Å². The van der Waals surface area contributed by atoms with Crippen molar-refractivity contribution < 1.29 is 4.79 Å². The van der Waals surface area contributed by atoms with Crippen molar-refractivity contribution in [1.82, 2.24) is 4.98 Å². The number of carbonyl (C=O) groups is 1. The van der Waals surface area contributed by atoms with E-state index in [1.165, 1.54) is 0 Å². The van der Waals surface area contributed by atoms with Gasteiger partial charge >= 0.3 is 0 Å². The molecular weight excluding hydrogens is 330 g/mol. The molecule has 0 aliphatic heterocycles. The number of aromatic nitrogens is 1. The summed E-state index contributed by atoms with van der Waals surface area (Å²) < 4.78 is 0.968. The van der Waals surface area contributed by atoms with Crippen LogP contribution in [0.3, 0.4) is 0 Å². The molecule has 1 amide bonds. The Hall–Kier alpha value is -1.88. The van der Waals surface area contributed by atoms with Gasteiger partial charge in [0.1, 0.15) is 5.82 Å². The Morgan fingerprint density at radius 2 is 2.10 bits per heavy atom. The number of halogens is 1. The molecule has 1 aromatic carbocycles. The summed E-state index contributed by atoms with van der Waals surface area (Å²) in [6.07, 6.45) is 2.65. The summed E-state index contributed by atoms with van der Waals surface area (Å²) in [4.78, 5) is 16.7. The zero-order valence-electron chi connectivity index (χ0n) is 12.1. The Morgan fingerprint density at radius 3 is 2.86 bits per heavy atom. The number of amides is 1. The molecule has 0 atom stereocenters. The monoisotopic (exact) mass is 347 g/mol. The Kier molecular flexibility index (Phi) is 5.33. The first-order valence-electron chi connectivity index (χ1n) is 6.88. The summed E-state index contributed by atoms with van der Waals surface area (Å²) in [5.41, 5.74) is 2.34. The lowest BCUT2D eigenvalue weighted by atomic mass is 10.2. The van der Waals surface area contributed by atoms with Crippen molar-refractivity contribution in [2.45, 2.75) is 20.3 Å². The normalized spacial score (nSPS) is 10.2. The highest BCUT2D eigenvalue weighted by Crippen LogP contribution is 2.24. The molecule has 21 heavy (non-hydrogen) atoms. The molecule has 1 heterocycles. The quantitative estimate of drug-likeness (QED) is 0.850. The summed E-state index contributed by atoms with van der Waals surface area (Å²) in [6.45, 7) is 4.81. The maximum atomic E-state index is 12.5. The Bertz CT molecular complexity index is 643. The molecule has 2 N–H and O–H groups in total. The van der Waals surface area contributed by atoms with Gasteiger partial charge < -0.3 is 10.6 Å². The van der Waals surface area contributed by atoms with Gasteiger partial charge in [-0.1, -0.05) is 28.9 Å². The SMILES string of the molecule is CCCNc1ncccc1C(=O)Nc1cccc(Br)c1C. The average Bonchev–Trinajstić information content (AvgIpc) is 2.50. The number of nitrogens with zero attached hydrogens (tertiary/aromatic N) is 1. The second-order valence-corrected chi connectivity index (χ2v) is 5.55. The van der Waals surface area contributed by atoms with Crippen LogP contribution in [0.1, 0.15) is 29.3 Å². The van der Waals surface area contributed by atoms with E-state index in [0.29, 0.717) is 11.4 Å². The van der Waals surface area contributed by atoms with E-state index in [4.69, 9.17) is 0 Å². The van der Waals surface area contributed by atoms with Crippen molar-refractivity contribution in [3.63, 3.8) is 0 Å². The Balaban J connectivity index is 2.22. The summed E-state index contributed by atoms with van der Waals surface area (Å²) in [7, 11) is 0. The minimum atomic E-state index is -0.164. The lowest BCUT2D eigenvalue weighted by Gasteiger charge is -2.12. The molecule has 4 nitrogen and oxygen atoms in total. The highest BCUT2D eigenvalue weighted by atomic mass is 79.9. The molecule has 0 aliphatic carbocycles. The van der Waals surface area contributed by atoms with E-state index in [1.807, 2.05) is 25.1 Å². The second-order valence-electron chi connectivity index (χ2n) is 4.69. The number of nitrogens with one attached hydrogen (secondary N) is 2. The second kappa shape index (κ2) is 7.22. The predicted octanol–water partition coefficient (Wildman–Crippen LogP) is 4.23. The molecule has 0 bridgehead atoms. The van der Waals surface area contributed by atoms with Crippen LogP contribution in [0.4, 0.5) is 11.5 Å². The number of benzene rings is 1. The molecule has 0 saturated heterocycles. The van der Waals surface area contributed by atoms with Crippen LogP contribution in [0.5, 0.6) is 0 Å². The predicted molar refractivity (Wildman–Crippen MR) is 89.8 cm³/mol. The van der Waals surface area contributed by atoms with Crippen LogP contribution in [-0.2, 0) is 0 Å². The third-order valence-corrected chi connectivity index (χ3v) is 3.97. The molecule has 0 radical (unpaired) electrons. The van der Waals surface area contributed by atoms with Crippen LogP contribution in [0.25, 0.3) is 0 Å². The third kappa shape index (κ3) is 3.82. The first-order chi connectivity index (χ1) is 10.1. The summed E-state index contributed by atoms with van der Waals surface area (Å²) in [5.74, 6) is 0.451. The number of pyridine rings is 1. The smallest absolute Gasteiger partial charge is 0.259 e. The molecule has 1 aromatic heterocycles. The standard InChI is InChI=1S/C16H18BrN3O/c1-3-9-18-15-12(6-5-10-19-15)16(21)20-14-8-4-7-13(17)11(14)2/h4-8,10H,3,9H2,1-2H3,(H,18,19)(H,20,21). The van der Waals surface area contributed by atoms with Gasteiger partial charge in [0.2, 0.25) is 0 Å². The van der Waals surface area contributed by atoms with Crippen LogP contribution in [0.15, 0.2) is 41.0 Å². The molecule has 2 aromatic rings. The molecule has 0 saturated carbocycles. The largest absolute Gasteiger partial charge is 0.369 e. The van der Waals surface area contributed by atoms with Crippen molar-refractivity contribution >= 4 is 33.3 Å². The van der Waals surface area contributed by atoms with Crippen LogP contribution >= 0.6 is 15.9 Å². The van der Waals surface area contributed by atoms with Gasteiger partial charge in [-0.3, -0.25) is 4.79 Å². The van der Waals surface area contributed by atoms with Gasteiger partial charge in [0.05, 0.1) is 5.56 Å². The molecule has 2 rings (SSSR count). The van der Waals surface area contributed by atoms with Crippen molar-refractivity contribution in [3.8, 4) is 0 Å². The van der Waals surface area contributed by atoms with Crippen molar-refractivity contribution in [2.75, 3.05) is 17.2 Å². The van der Waals surface area contributed by atoms with Gasteiger partial charge in [0.15, 0.2) is 0 Å². The highest BCUT2D eigenvalue weighted by Gasteiger charge is 2.13. The molecular formula is C16H18BrN3O. The molecule has 0 aliphatic rings. The fourth-order valence-electron chi connectivity index (χ4n) is 1.91. The van der Waals surface area contributed by atoms with E-state index in [9.17, 15) is 4.79 Å². The number of hydrogen-bond acceptors (Lipinski definition) is 3. The number of carbonyl (C=O) groups excluding carboxylic acids is 1. The minimum Gasteiger partial charge on any atom is -0.369 e. The fourth-order valence-corrected chi connectivity index (χ4v) is 2.27. The van der Waals surface area contributed by atoms with Crippen LogP contribution < -0.4 is 10.6 Å². The molecule has 0 unspecified atom stereocenters. The molecule has 5 heteroatoms. The van der Waals surface area contributed by atoms with E-state index in [2.05, 4.69) is 38.5 Å². The first-order valence-corrected chi connectivity index (χ1v) is 7.68. The van der Waals surface area contributed by atoms with E-state index < -0.39 is 0 Å². The fraction of sp³-hybridized carbons (Fsp3) is 0.250. The molecule has 110 valence electrons. The molecule has 0 fully saturated rings. The maximum absolute atomic E-state index is 12.5. The number of rotatable bonds is 5. The topological polar surface area (TPSA) is 54.0 Å². The van der Waals surface area contributed by atoms with Crippen molar-refractivity contribution in [3.05, 3.63) is 52.1 Å². The summed E-state index contributed by atoms with van der Waals surface area (Å²) in [6, 6.07) is 9.26. The zero-order valence-corrected chi connectivity index (χ0v) is 13.7. The summed E-state index contributed by atoms with van der Waals surface area (Å²) >= 11 is 3.46.